The van der Waals surface area contributed by atoms with Gasteiger partial charge in [-0.1, -0.05) is 103 Å². The van der Waals surface area contributed by atoms with Gasteiger partial charge in [0, 0.05) is 49.4 Å². The predicted molar refractivity (Wildman–Crippen MR) is 220 cm³/mol. The summed E-state index contributed by atoms with van der Waals surface area (Å²) in [6, 6.07) is 67.2. The zero-order valence-electron chi connectivity index (χ0n) is 28.6. The lowest BCUT2D eigenvalue weighted by atomic mass is 10.0. The molecule has 0 unspecified atom stereocenters. The summed E-state index contributed by atoms with van der Waals surface area (Å²) in [5.41, 5.74) is 12.8. The molecule has 4 nitrogen and oxygen atoms in total. The highest BCUT2D eigenvalue weighted by atomic mass is 15.0. The van der Waals surface area contributed by atoms with E-state index in [9.17, 15) is 5.26 Å². The number of hydrogen-bond donors (Lipinski definition) is 0. The molecule has 53 heavy (non-hydrogen) atoms. The third-order valence-electron chi connectivity index (χ3n) is 10.8. The molecule has 3 aromatic heterocycles. The van der Waals surface area contributed by atoms with Gasteiger partial charge < -0.3 is 13.7 Å². The van der Waals surface area contributed by atoms with Gasteiger partial charge in [-0.2, -0.15) is 5.26 Å². The second-order valence-electron chi connectivity index (χ2n) is 13.7. The average molecular weight is 675 g/mol. The maximum absolute atomic E-state index is 10.2. The van der Waals surface area contributed by atoms with Crippen LogP contribution in [0.15, 0.2) is 182 Å². The quantitative estimate of drug-likeness (QED) is 0.183. The van der Waals surface area contributed by atoms with E-state index in [0.29, 0.717) is 5.56 Å². The van der Waals surface area contributed by atoms with Crippen LogP contribution in [0.25, 0.3) is 93.6 Å². The van der Waals surface area contributed by atoms with Gasteiger partial charge in [-0.15, -0.1) is 0 Å². The molecule has 11 aromatic rings. The number of fused-ring (bicyclic) bond motifs is 9. The van der Waals surface area contributed by atoms with Crippen LogP contribution in [-0.2, 0) is 0 Å². The third-order valence-corrected chi connectivity index (χ3v) is 10.8. The zero-order chi connectivity index (χ0) is 35.0. The molecule has 8 aromatic carbocycles. The predicted octanol–water partition coefficient (Wildman–Crippen LogP) is 12.5. The number of rotatable bonds is 4. The van der Waals surface area contributed by atoms with Crippen molar-refractivity contribution >= 4 is 65.4 Å². The van der Waals surface area contributed by atoms with Gasteiger partial charge in [0.25, 0.3) is 0 Å². The van der Waals surface area contributed by atoms with Crippen molar-refractivity contribution in [2.75, 3.05) is 0 Å². The second kappa shape index (κ2) is 11.3. The fraction of sp³-hybridized carbons (Fsp3) is 0. The van der Waals surface area contributed by atoms with E-state index in [2.05, 4.69) is 190 Å². The number of aromatic nitrogens is 3. The minimum atomic E-state index is 0.624. The molecule has 0 N–H and O–H groups in total. The zero-order valence-corrected chi connectivity index (χ0v) is 28.6. The largest absolute Gasteiger partial charge is 0.309 e. The highest BCUT2D eigenvalue weighted by Crippen LogP contribution is 2.38. The van der Waals surface area contributed by atoms with Crippen molar-refractivity contribution in [1.29, 1.82) is 5.26 Å². The fourth-order valence-electron chi connectivity index (χ4n) is 8.58. The molecule has 0 radical (unpaired) electrons. The number of nitrogens with zero attached hydrogens (tertiary/aromatic N) is 4. The van der Waals surface area contributed by atoms with Crippen molar-refractivity contribution in [3.05, 3.63) is 188 Å². The van der Waals surface area contributed by atoms with Crippen molar-refractivity contribution in [1.82, 2.24) is 13.7 Å². The Bertz CT molecular complexity index is 3200. The molecule has 0 fully saturated rings. The van der Waals surface area contributed by atoms with Gasteiger partial charge in [0.05, 0.1) is 44.7 Å². The number of benzene rings is 8. The molecule has 4 heteroatoms. The Labute approximate surface area is 305 Å². The van der Waals surface area contributed by atoms with Crippen molar-refractivity contribution in [2.24, 2.45) is 0 Å². The first-order valence-corrected chi connectivity index (χ1v) is 17.9. The monoisotopic (exact) mass is 674 g/mol. The van der Waals surface area contributed by atoms with Gasteiger partial charge in [-0.3, -0.25) is 0 Å². The van der Waals surface area contributed by atoms with E-state index in [-0.39, 0.29) is 0 Å². The second-order valence-corrected chi connectivity index (χ2v) is 13.7. The van der Waals surface area contributed by atoms with E-state index in [0.717, 1.165) is 50.3 Å². The Morgan fingerprint density at radius 2 is 0.717 bits per heavy atom. The van der Waals surface area contributed by atoms with Crippen LogP contribution in [0.1, 0.15) is 5.56 Å². The summed E-state index contributed by atoms with van der Waals surface area (Å²) in [5.74, 6) is 0. The van der Waals surface area contributed by atoms with Gasteiger partial charge in [-0.25, -0.2) is 0 Å². The van der Waals surface area contributed by atoms with Crippen molar-refractivity contribution < 1.29 is 0 Å². The van der Waals surface area contributed by atoms with Gasteiger partial charge in [0.2, 0.25) is 0 Å². The van der Waals surface area contributed by atoms with Crippen molar-refractivity contribution in [3.63, 3.8) is 0 Å². The van der Waals surface area contributed by atoms with Crippen LogP contribution in [-0.4, -0.2) is 13.7 Å². The van der Waals surface area contributed by atoms with Gasteiger partial charge in [0.15, 0.2) is 0 Å². The first kappa shape index (κ1) is 29.4. The minimum Gasteiger partial charge on any atom is -0.309 e. The number of para-hydroxylation sites is 5. The first-order chi connectivity index (χ1) is 26.2. The Kier molecular flexibility index (Phi) is 6.28. The standard InChI is InChI=1S/C49H30N4/c50-31-32-26-34(29-37(27-32)53-46-21-8-3-16-40(46)41-17-4-9-22-47(41)53)33-12-11-13-35(28-33)51-48-23-10-5-18-42(48)43-30-36(24-25-49(43)51)52-44-19-6-1-14-38(44)39-15-2-7-20-45(39)52/h1-30H. The van der Waals surface area contributed by atoms with E-state index < -0.39 is 0 Å². The first-order valence-electron chi connectivity index (χ1n) is 17.9. The summed E-state index contributed by atoms with van der Waals surface area (Å²) < 4.78 is 7.03. The number of hydrogen-bond acceptors (Lipinski definition) is 1. The molecule has 0 aliphatic heterocycles. The lowest BCUT2D eigenvalue weighted by molar-refractivity contribution is 1.16. The molecule has 3 heterocycles. The molecule has 0 amide bonds. The summed E-state index contributed by atoms with van der Waals surface area (Å²) >= 11 is 0. The van der Waals surface area contributed by atoms with Gasteiger partial charge in [-0.05, 0) is 90.0 Å². The lowest BCUT2D eigenvalue weighted by Gasteiger charge is -2.14. The van der Waals surface area contributed by atoms with Gasteiger partial charge >= 0.3 is 0 Å². The van der Waals surface area contributed by atoms with E-state index >= 15 is 0 Å². The third kappa shape index (κ3) is 4.35. The van der Waals surface area contributed by atoms with E-state index in [4.69, 9.17) is 0 Å². The van der Waals surface area contributed by atoms with Crippen molar-refractivity contribution in [3.8, 4) is 34.3 Å². The molecule has 0 saturated carbocycles. The van der Waals surface area contributed by atoms with Crippen LogP contribution < -0.4 is 0 Å². The highest BCUT2D eigenvalue weighted by Gasteiger charge is 2.18. The Hall–Kier alpha value is -7.35. The maximum Gasteiger partial charge on any atom is 0.0992 e. The summed E-state index contributed by atoms with van der Waals surface area (Å²) in [5, 5.41) is 17.5. The van der Waals surface area contributed by atoms with E-state index in [1.807, 2.05) is 12.1 Å². The summed E-state index contributed by atoms with van der Waals surface area (Å²) in [6.45, 7) is 0. The molecule has 0 bridgehead atoms. The van der Waals surface area contributed by atoms with Crippen LogP contribution in [0.3, 0.4) is 0 Å². The Morgan fingerprint density at radius 3 is 1.23 bits per heavy atom. The number of nitriles is 1. The van der Waals surface area contributed by atoms with Crippen LogP contribution in [0.5, 0.6) is 0 Å². The van der Waals surface area contributed by atoms with Gasteiger partial charge in [0.1, 0.15) is 0 Å². The SMILES string of the molecule is N#Cc1cc(-c2cccc(-n3c4ccccc4c4cc(-n5c6ccccc6c6ccccc65)ccc43)c2)cc(-n2c3ccccc3c3ccccc32)c1. The normalized spacial score (nSPS) is 11.8. The van der Waals surface area contributed by atoms with E-state index in [1.165, 1.54) is 43.4 Å². The molecule has 0 aliphatic carbocycles. The van der Waals surface area contributed by atoms with Crippen LogP contribution in [0, 0.1) is 11.3 Å². The summed E-state index contributed by atoms with van der Waals surface area (Å²) in [4.78, 5) is 0. The van der Waals surface area contributed by atoms with Crippen LogP contribution in [0.4, 0.5) is 0 Å². The van der Waals surface area contributed by atoms with Crippen LogP contribution >= 0.6 is 0 Å². The molecule has 0 spiro atoms. The molecular formula is C49H30N4. The lowest BCUT2D eigenvalue weighted by Crippen LogP contribution is -1.97. The van der Waals surface area contributed by atoms with Crippen LogP contribution in [0.2, 0.25) is 0 Å². The molecule has 246 valence electrons. The maximum atomic E-state index is 10.2. The summed E-state index contributed by atoms with van der Waals surface area (Å²) in [6.07, 6.45) is 0. The fourth-order valence-corrected chi connectivity index (χ4v) is 8.58. The molecular weight excluding hydrogens is 645 g/mol. The minimum absolute atomic E-state index is 0.624. The molecule has 0 aliphatic rings. The Balaban J connectivity index is 1.09. The molecule has 0 saturated heterocycles. The molecule has 0 atom stereocenters. The molecule has 11 rings (SSSR count). The smallest absolute Gasteiger partial charge is 0.0992 e. The average Bonchev–Trinajstić information content (AvgIpc) is 3.86. The topological polar surface area (TPSA) is 38.6 Å². The Morgan fingerprint density at radius 1 is 0.302 bits per heavy atom. The highest BCUT2D eigenvalue weighted by molar-refractivity contribution is 6.12. The van der Waals surface area contributed by atoms with E-state index in [1.54, 1.807) is 0 Å². The van der Waals surface area contributed by atoms with Crippen molar-refractivity contribution in [2.45, 2.75) is 0 Å². The summed E-state index contributed by atoms with van der Waals surface area (Å²) in [7, 11) is 0.